The van der Waals surface area contributed by atoms with Crippen molar-refractivity contribution in [1.29, 1.82) is 0 Å². The van der Waals surface area contributed by atoms with Gasteiger partial charge < -0.3 is 15.4 Å². The maximum Gasteiger partial charge on any atom is 0.254 e. The highest BCUT2D eigenvalue weighted by Crippen LogP contribution is 2.31. The quantitative estimate of drug-likeness (QED) is 0.907. The van der Waals surface area contributed by atoms with Crippen LogP contribution in [-0.4, -0.2) is 42.5 Å². The van der Waals surface area contributed by atoms with Gasteiger partial charge in [-0.2, -0.15) is 0 Å². The van der Waals surface area contributed by atoms with E-state index in [0.717, 1.165) is 19.3 Å². The molecule has 6 heteroatoms. The van der Waals surface area contributed by atoms with Crippen molar-refractivity contribution in [2.24, 2.45) is 17.6 Å². The highest BCUT2D eigenvalue weighted by molar-refractivity contribution is 5.95. The van der Waals surface area contributed by atoms with E-state index in [1.807, 2.05) is 0 Å². The zero-order chi connectivity index (χ0) is 18.0. The van der Waals surface area contributed by atoms with Crippen molar-refractivity contribution in [2.45, 2.75) is 38.7 Å². The maximum absolute atomic E-state index is 13.7. The van der Waals surface area contributed by atoms with Gasteiger partial charge in [-0.3, -0.25) is 9.59 Å². The molecule has 2 fully saturated rings. The summed E-state index contributed by atoms with van der Waals surface area (Å²) in [6.45, 7) is 3.52. The van der Waals surface area contributed by atoms with Crippen LogP contribution in [0.5, 0.6) is 0 Å². The lowest BCUT2D eigenvalue weighted by Crippen LogP contribution is -2.40. The van der Waals surface area contributed by atoms with Crippen LogP contribution in [0.3, 0.4) is 0 Å². The smallest absolute Gasteiger partial charge is 0.254 e. The Kier molecular flexibility index (Phi) is 5.37. The number of nitrogens with zero attached hydrogens (tertiary/aromatic N) is 1. The average Bonchev–Trinajstić information content (AvgIpc) is 3.06. The molecule has 0 spiro atoms. The third-order valence-electron chi connectivity index (χ3n) is 5.54. The zero-order valence-electron chi connectivity index (χ0n) is 14.5. The maximum atomic E-state index is 13.7. The Labute approximate surface area is 147 Å². The molecule has 2 saturated heterocycles. The van der Waals surface area contributed by atoms with Crippen LogP contribution in [0.2, 0.25) is 0 Å². The lowest BCUT2D eigenvalue weighted by molar-refractivity contribution is -0.123. The first-order valence-corrected chi connectivity index (χ1v) is 8.92. The summed E-state index contributed by atoms with van der Waals surface area (Å²) in [6.07, 6.45) is 3.16. The summed E-state index contributed by atoms with van der Waals surface area (Å²) in [4.78, 5) is 25.9. The number of hydrogen-bond acceptors (Lipinski definition) is 3. The molecule has 0 radical (unpaired) electrons. The highest BCUT2D eigenvalue weighted by atomic mass is 19.1. The Morgan fingerprint density at radius 3 is 2.68 bits per heavy atom. The zero-order valence-corrected chi connectivity index (χ0v) is 14.5. The summed E-state index contributed by atoms with van der Waals surface area (Å²) in [5.41, 5.74) is 6.28. The molecule has 2 N–H and O–H groups in total. The summed E-state index contributed by atoms with van der Waals surface area (Å²) in [6, 6.07) is 4.62. The molecule has 1 aromatic carbocycles. The standard InChI is InChI=1S/C19H25FN2O3/c1-12-14(3-2-4-16(12)20)19(24)22-8-5-13(6-9-22)11-17-15(18(21)23)7-10-25-17/h2-4,13,15,17H,5-11H2,1H3,(H2,21,23)/t15-,17-/m1/s1. The van der Waals surface area contributed by atoms with E-state index in [9.17, 15) is 14.0 Å². The van der Waals surface area contributed by atoms with Crippen LogP contribution < -0.4 is 5.73 Å². The van der Waals surface area contributed by atoms with Crippen LogP contribution >= 0.6 is 0 Å². The molecule has 0 bridgehead atoms. The molecule has 5 nitrogen and oxygen atoms in total. The van der Waals surface area contributed by atoms with Crippen molar-refractivity contribution in [3.8, 4) is 0 Å². The van der Waals surface area contributed by atoms with Crippen LogP contribution in [0.25, 0.3) is 0 Å². The molecular weight excluding hydrogens is 323 g/mol. The fraction of sp³-hybridized carbons (Fsp3) is 0.579. The highest BCUT2D eigenvalue weighted by Gasteiger charge is 2.35. The van der Waals surface area contributed by atoms with Crippen molar-refractivity contribution in [1.82, 2.24) is 4.90 Å². The molecule has 25 heavy (non-hydrogen) atoms. The van der Waals surface area contributed by atoms with Gasteiger partial charge in [-0.25, -0.2) is 4.39 Å². The number of rotatable bonds is 4. The van der Waals surface area contributed by atoms with Gasteiger partial charge in [0.2, 0.25) is 5.91 Å². The van der Waals surface area contributed by atoms with Crippen LogP contribution in [0, 0.1) is 24.6 Å². The van der Waals surface area contributed by atoms with Crippen LogP contribution in [0.1, 0.15) is 41.6 Å². The van der Waals surface area contributed by atoms with Gasteiger partial charge in [0.1, 0.15) is 5.82 Å². The average molecular weight is 348 g/mol. The van der Waals surface area contributed by atoms with Gasteiger partial charge >= 0.3 is 0 Å². The van der Waals surface area contributed by atoms with Crippen LogP contribution in [0.4, 0.5) is 4.39 Å². The molecule has 2 atom stereocenters. The van der Waals surface area contributed by atoms with Gasteiger partial charge in [-0.1, -0.05) is 6.07 Å². The third kappa shape index (κ3) is 3.84. The monoisotopic (exact) mass is 348 g/mol. The molecule has 1 aromatic rings. The van der Waals surface area contributed by atoms with Crippen LogP contribution in [0.15, 0.2) is 18.2 Å². The number of nitrogens with two attached hydrogens (primary N) is 1. The Morgan fingerprint density at radius 1 is 1.28 bits per heavy atom. The number of piperidine rings is 1. The Hall–Kier alpha value is -1.95. The number of benzene rings is 1. The Balaban J connectivity index is 1.56. The summed E-state index contributed by atoms with van der Waals surface area (Å²) in [5, 5.41) is 0. The van der Waals surface area contributed by atoms with E-state index in [1.165, 1.54) is 6.07 Å². The van der Waals surface area contributed by atoms with E-state index in [-0.39, 0.29) is 29.7 Å². The number of carbonyl (C=O) groups is 2. The van der Waals surface area contributed by atoms with E-state index in [1.54, 1.807) is 24.0 Å². The van der Waals surface area contributed by atoms with Gasteiger partial charge in [0.05, 0.1) is 12.0 Å². The van der Waals surface area contributed by atoms with Crippen molar-refractivity contribution in [3.05, 3.63) is 35.1 Å². The number of halogens is 1. The minimum absolute atomic E-state index is 0.0878. The Bertz CT molecular complexity index is 656. The van der Waals surface area contributed by atoms with Crippen molar-refractivity contribution in [2.75, 3.05) is 19.7 Å². The molecule has 2 amide bonds. The molecule has 0 unspecified atom stereocenters. The number of amides is 2. The molecule has 0 aromatic heterocycles. The number of ether oxygens (including phenoxy) is 1. The first-order chi connectivity index (χ1) is 12.0. The lowest BCUT2D eigenvalue weighted by Gasteiger charge is -2.33. The van der Waals surface area contributed by atoms with Gasteiger partial charge in [-0.15, -0.1) is 0 Å². The van der Waals surface area contributed by atoms with Crippen molar-refractivity contribution < 1.29 is 18.7 Å². The van der Waals surface area contributed by atoms with E-state index in [4.69, 9.17) is 10.5 Å². The molecule has 0 aliphatic carbocycles. The largest absolute Gasteiger partial charge is 0.377 e. The normalized spacial score (nSPS) is 24.5. The van der Waals surface area contributed by atoms with Crippen molar-refractivity contribution in [3.63, 3.8) is 0 Å². The predicted molar refractivity (Wildman–Crippen MR) is 91.4 cm³/mol. The Morgan fingerprint density at radius 2 is 2.00 bits per heavy atom. The molecule has 2 aliphatic heterocycles. The first-order valence-electron chi connectivity index (χ1n) is 8.92. The number of carbonyl (C=O) groups excluding carboxylic acids is 2. The number of likely N-dealkylation sites (tertiary alicyclic amines) is 1. The predicted octanol–water partition coefficient (Wildman–Crippen LogP) is 2.27. The first kappa shape index (κ1) is 17.9. The fourth-order valence-corrected chi connectivity index (χ4v) is 3.92. The molecule has 2 aliphatic rings. The molecule has 0 saturated carbocycles. The van der Waals surface area contributed by atoms with Gasteiger partial charge in [0.15, 0.2) is 0 Å². The fourth-order valence-electron chi connectivity index (χ4n) is 3.92. The number of hydrogen-bond donors (Lipinski definition) is 1. The summed E-state index contributed by atoms with van der Waals surface area (Å²) in [5.74, 6) is -0.506. The van der Waals surface area contributed by atoms with E-state index in [0.29, 0.717) is 43.2 Å². The molecule has 3 rings (SSSR count). The van der Waals surface area contributed by atoms with Crippen molar-refractivity contribution >= 4 is 11.8 Å². The topological polar surface area (TPSA) is 72.6 Å². The number of primary amides is 1. The molecular formula is C19H25FN2O3. The van der Waals surface area contributed by atoms with E-state index >= 15 is 0 Å². The lowest BCUT2D eigenvalue weighted by atomic mass is 9.86. The molecule has 2 heterocycles. The molecule has 136 valence electrons. The van der Waals surface area contributed by atoms with Gasteiger partial charge in [-0.05, 0) is 56.2 Å². The van der Waals surface area contributed by atoms with E-state index in [2.05, 4.69) is 0 Å². The summed E-state index contributed by atoms with van der Waals surface area (Å²) >= 11 is 0. The summed E-state index contributed by atoms with van der Waals surface area (Å²) < 4.78 is 19.4. The van der Waals surface area contributed by atoms with E-state index < -0.39 is 0 Å². The second kappa shape index (κ2) is 7.52. The van der Waals surface area contributed by atoms with Gasteiger partial charge in [0, 0.05) is 25.3 Å². The SMILES string of the molecule is Cc1c(F)cccc1C(=O)N1CCC(C[C@H]2OCC[C@H]2C(N)=O)CC1. The minimum Gasteiger partial charge on any atom is -0.377 e. The second-order valence-corrected chi connectivity index (χ2v) is 7.09. The minimum atomic E-state index is -0.350. The second-order valence-electron chi connectivity index (χ2n) is 7.09. The van der Waals surface area contributed by atoms with Crippen LogP contribution in [-0.2, 0) is 9.53 Å². The summed E-state index contributed by atoms with van der Waals surface area (Å²) in [7, 11) is 0. The third-order valence-corrected chi connectivity index (χ3v) is 5.54. The van der Waals surface area contributed by atoms with Gasteiger partial charge in [0.25, 0.3) is 5.91 Å².